The van der Waals surface area contributed by atoms with E-state index in [0.717, 1.165) is 15.7 Å². The topological polar surface area (TPSA) is 29.1 Å². The second-order valence-corrected chi connectivity index (χ2v) is 5.04. The van der Waals surface area contributed by atoms with Gasteiger partial charge in [0, 0.05) is 22.3 Å². The average molecular weight is 316 g/mol. The van der Waals surface area contributed by atoms with Gasteiger partial charge >= 0.3 is 0 Å². The molecule has 0 unspecified atom stereocenters. The monoisotopic (exact) mass is 315 g/mol. The highest BCUT2D eigenvalue weighted by Crippen LogP contribution is 2.20. The van der Waals surface area contributed by atoms with E-state index in [9.17, 15) is 4.79 Å². The number of ketones is 1. The molecule has 0 aromatic heterocycles. The third-order valence-electron chi connectivity index (χ3n) is 2.68. The van der Waals surface area contributed by atoms with Crippen molar-refractivity contribution in [3.8, 4) is 0 Å². The predicted octanol–water partition coefficient (Wildman–Crippen LogP) is 4.57. The molecule has 3 heteroatoms. The van der Waals surface area contributed by atoms with Crippen LogP contribution in [-0.2, 0) is 0 Å². The maximum atomic E-state index is 11.9. The highest BCUT2D eigenvalue weighted by molar-refractivity contribution is 9.10. The van der Waals surface area contributed by atoms with Crippen molar-refractivity contribution in [2.24, 2.45) is 0 Å². The Balaban J connectivity index is 2.01. The van der Waals surface area contributed by atoms with Crippen LogP contribution >= 0.6 is 15.9 Å². The Morgan fingerprint density at radius 1 is 1.11 bits per heavy atom. The average Bonchev–Trinajstić information content (AvgIpc) is 2.41. The van der Waals surface area contributed by atoms with Gasteiger partial charge in [0.15, 0.2) is 5.78 Å². The van der Waals surface area contributed by atoms with Gasteiger partial charge in [0.1, 0.15) is 0 Å². The molecule has 2 rings (SSSR count). The third-order valence-corrected chi connectivity index (χ3v) is 3.37. The zero-order valence-corrected chi connectivity index (χ0v) is 12.1. The largest absolute Gasteiger partial charge is 0.361 e. The molecule has 1 N–H and O–H groups in total. The molecule has 0 atom stereocenters. The summed E-state index contributed by atoms with van der Waals surface area (Å²) in [5.41, 5.74) is 2.76. The van der Waals surface area contributed by atoms with Gasteiger partial charge in [-0.15, -0.1) is 0 Å². The van der Waals surface area contributed by atoms with Crippen LogP contribution in [0.3, 0.4) is 0 Å². The number of rotatable bonds is 4. The van der Waals surface area contributed by atoms with E-state index < -0.39 is 0 Å². The van der Waals surface area contributed by atoms with Gasteiger partial charge < -0.3 is 5.32 Å². The fourth-order valence-electron chi connectivity index (χ4n) is 1.60. The SMILES string of the molecule is Cc1ccc(C(=O)/C=C/Nc2ccccc2Br)cc1. The van der Waals surface area contributed by atoms with Crippen molar-refractivity contribution in [1.29, 1.82) is 0 Å². The molecule has 96 valence electrons. The Hall–Kier alpha value is -1.87. The minimum Gasteiger partial charge on any atom is -0.361 e. The molecule has 0 aliphatic carbocycles. The second kappa shape index (κ2) is 6.34. The Kier molecular flexibility index (Phi) is 4.53. The van der Waals surface area contributed by atoms with Crippen molar-refractivity contribution in [2.45, 2.75) is 6.92 Å². The summed E-state index contributed by atoms with van der Waals surface area (Å²) in [4.78, 5) is 11.9. The molecule has 0 saturated heterocycles. The molecular formula is C16H14BrNO. The minimum absolute atomic E-state index is 0.0143. The number of hydrogen-bond acceptors (Lipinski definition) is 2. The standard InChI is InChI=1S/C16H14BrNO/c1-12-6-8-13(9-7-12)16(19)10-11-18-15-5-3-2-4-14(15)17/h2-11,18H,1H3/b11-10+. The summed E-state index contributed by atoms with van der Waals surface area (Å²) < 4.78 is 0.961. The first kappa shape index (κ1) is 13.6. The Morgan fingerprint density at radius 3 is 2.47 bits per heavy atom. The zero-order chi connectivity index (χ0) is 13.7. The maximum Gasteiger partial charge on any atom is 0.187 e. The van der Waals surface area contributed by atoms with Crippen molar-refractivity contribution in [3.05, 3.63) is 76.4 Å². The summed E-state index contributed by atoms with van der Waals surface area (Å²) in [7, 11) is 0. The van der Waals surface area contributed by atoms with Crippen LogP contribution in [0.2, 0.25) is 0 Å². The second-order valence-electron chi connectivity index (χ2n) is 4.19. The first-order valence-corrected chi connectivity index (χ1v) is 6.75. The molecular weight excluding hydrogens is 302 g/mol. The first-order chi connectivity index (χ1) is 9.16. The molecule has 2 aromatic rings. The van der Waals surface area contributed by atoms with Crippen LogP contribution < -0.4 is 5.32 Å². The van der Waals surface area contributed by atoms with E-state index in [1.54, 1.807) is 6.20 Å². The van der Waals surface area contributed by atoms with Gasteiger partial charge in [-0.05, 0) is 35.0 Å². The molecule has 0 saturated carbocycles. The number of carbonyl (C=O) groups is 1. The van der Waals surface area contributed by atoms with E-state index in [1.165, 1.54) is 6.08 Å². The van der Waals surface area contributed by atoms with E-state index in [2.05, 4.69) is 21.2 Å². The lowest BCUT2D eigenvalue weighted by Crippen LogP contribution is -1.96. The van der Waals surface area contributed by atoms with Gasteiger partial charge in [0.05, 0.1) is 5.69 Å². The van der Waals surface area contributed by atoms with Crippen molar-refractivity contribution < 1.29 is 4.79 Å². The number of hydrogen-bond donors (Lipinski definition) is 1. The molecule has 2 aromatic carbocycles. The van der Waals surface area contributed by atoms with Gasteiger partial charge in [0.2, 0.25) is 0 Å². The van der Waals surface area contributed by atoms with Crippen LogP contribution in [0.25, 0.3) is 0 Å². The van der Waals surface area contributed by atoms with Gasteiger partial charge in [-0.25, -0.2) is 0 Å². The number of benzene rings is 2. The molecule has 0 fully saturated rings. The van der Waals surface area contributed by atoms with Crippen molar-refractivity contribution in [2.75, 3.05) is 5.32 Å². The van der Waals surface area contributed by atoms with Crippen molar-refractivity contribution in [1.82, 2.24) is 0 Å². The summed E-state index contributed by atoms with van der Waals surface area (Å²) in [6, 6.07) is 15.3. The Bertz CT molecular complexity index is 602. The summed E-state index contributed by atoms with van der Waals surface area (Å²) in [5.74, 6) is -0.0143. The number of anilines is 1. The van der Waals surface area contributed by atoms with Gasteiger partial charge in [-0.3, -0.25) is 4.79 Å². The molecule has 0 bridgehead atoms. The van der Waals surface area contributed by atoms with E-state index in [1.807, 2.05) is 55.5 Å². The van der Waals surface area contributed by atoms with Crippen molar-refractivity contribution >= 4 is 27.4 Å². The summed E-state index contributed by atoms with van der Waals surface area (Å²) in [6.45, 7) is 2.00. The van der Waals surface area contributed by atoms with Crippen LogP contribution in [0, 0.1) is 6.92 Å². The summed E-state index contributed by atoms with van der Waals surface area (Å²) in [6.07, 6.45) is 3.19. The molecule has 19 heavy (non-hydrogen) atoms. The van der Waals surface area contributed by atoms with Gasteiger partial charge in [0.25, 0.3) is 0 Å². The molecule has 2 nitrogen and oxygen atoms in total. The summed E-state index contributed by atoms with van der Waals surface area (Å²) in [5, 5.41) is 3.08. The lowest BCUT2D eigenvalue weighted by atomic mass is 10.1. The summed E-state index contributed by atoms with van der Waals surface area (Å²) >= 11 is 3.44. The first-order valence-electron chi connectivity index (χ1n) is 5.95. The van der Waals surface area contributed by atoms with Crippen molar-refractivity contribution in [3.63, 3.8) is 0 Å². The predicted molar refractivity (Wildman–Crippen MR) is 82.4 cm³/mol. The number of aryl methyl sites for hydroxylation is 1. The quantitative estimate of drug-likeness (QED) is 0.661. The highest BCUT2D eigenvalue weighted by Gasteiger charge is 2.00. The van der Waals surface area contributed by atoms with E-state index >= 15 is 0 Å². The van der Waals surface area contributed by atoms with Crippen LogP contribution in [0.1, 0.15) is 15.9 Å². The Labute approximate surface area is 121 Å². The molecule has 0 aliphatic rings. The fraction of sp³-hybridized carbons (Fsp3) is 0.0625. The number of allylic oxidation sites excluding steroid dienone is 1. The Morgan fingerprint density at radius 2 is 1.79 bits per heavy atom. The minimum atomic E-state index is -0.0143. The zero-order valence-electron chi connectivity index (χ0n) is 10.6. The molecule has 0 amide bonds. The molecule has 0 spiro atoms. The molecule has 0 aliphatic heterocycles. The van der Waals surface area contributed by atoms with Crippen LogP contribution in [-0.4, -0.2) is 5.78 Å². The van der Waals surface area contributed by atoms with Gasteiger partial charge in [-0.1, -0.05) is 42.0 Å². The molecule has 0 heterocycles. The van der Waals surface area contributed by atoms with E-state index in [4.69, 9.17) is 0 Å². The lowest BCUT2D eigenvalue weighted by molar-refractivity contribution is 0.104. The maximum absolute atomic E-state index is 11.9. The smallest absolute Gasteiger partial charge is 0.187 e. The van der Waals surface area contributed by atoms with Gasteiger partial charge in [-0.2, -0.15) is 0 Å². The van der Waals surface area contributed by atoms with E-state index in [-0.39, 0.29) is 5.78 Å². The normalized spacial score (nSPS) is 10.6. The number of carbonyl (C=O) groups excluding carboxylic acids is 1. The van der Waals surface area contributed by atoms with Crippen LogP contribution in [0.4, 0.5) is 5.69 Å². The fourth-order valence-corrected chi connectivity index (χ4v) is 2.00. The third kappa shape index (κ3) is 3.80. The number of para-hydroxylation sites is 1. The number of nitrogens with one attached hydrogen (secondary N) is 1. The highest BCUT2D eigenvalue weighted by atomic mass is 79.9. The van der Waals surface area contributed by atoms with Crippen LogP contribution in [0.15, 0.2) is 65.3 Å². The van der Waals surface area contributed by atoms with E-state index in [0.29, 0.717) is 5.56 Å². The van der Waals surface area contributed by atoms with Crippen LogP contribution in [0.5, 0.6) is 0 Å². The number of halogens is 1. The molecule has 0 radical (unpaired) electrons. The lowest BCUT2D eigenvalue weighted by Gasteiger charge is -2.02.